The number of carboxylic acid groups (broad SMARTS) is 1. The number of carbonyl (C=O) groups excluding carboxylic acids is 1. The van der Waals surface area contributed by atoms with Crippen LogP contribution in [0.4, 0.5) is 0 Å². The average molecular weight is 631 g/mol. The van der Waals surface area contributed by atoms with Gasteiger partial charge in [0.05, 0.1) is 24.5 Å². The Kier molecular flexibility index (Phi) is 8.21. The van der Waals surface area contributed by atoms with Gasteiger partial charge in [-0.3, -0.25) is 9.59 Å². The summed E-state index contributed by atoms with van der Waals surface area (Å²) >= 11 is 0. The van der Waals surface area contributed by atoms with Crippen LogP contribution in [0.3, 0.4) is 0 Å². The van der Waals surface area contributed by atoms with Crippen LogP contribution in [0.25, 0.3) is 0 Å². The number of hydrogen-bond acceptors (Lipinski definition) is 4. The highest BCUT2D eigenvalue weighted by molar-refractivity contribution is 5.81. The first-order valence-corrected chi connectivity index (χ1v) is 18.1. The van der Waals surface area contributed by atoms with E-state index in [-0.39, 0.29) is 40.2 Å². The molecular formula is C41H58O5. The Morgan fingerprint density at radius 1 is 0.870 bits per heavy atom. The fourth-order valence-corrected chi connectivity index (χ4v) is 12.5. The summed E-state index contributed by atoms with van der Waals surface area (Å²) in [6.45, 7) is 15.8. The zero-order valence-corrected chi connectivity index (χ0v) is 29.8. The lowest BCUT2D eigenvalue weighted by Gasteiger charge is -2.72. The summed E-state index contributed by atoms with van der Waals surface area (Å²) in [6, 6.07) is 8.19. The van der Waals surface area contributed by atoms with E-state index in [1.165, 1.54) is 51.4 Å². The van der Waals surface area contributed by atoms with Crippen LogP contribution in [-0.4, -0.2) is 30.3 Å². The molecule has 6 rings (SSSR count). The molecule has 5 aliphatic carbocycles. The molecule has 252 valence electrons. The minimum Gasteiger partial charge on any atom is -0.495 e. The van der Waals surface area contributed by atoms with Gasteiger partial charge in [-0.05, 0) is 130 Å². The Morgan fingerprint density at radius 3 is 2.33 bits per heavy atom. The molecule has 0 heterocycles. The molecule has 0 amide bonds. The van der Waals surface area contributed by atoms with Crippen LogP contribution in [-0.2, 0) is 14.3 Å². The first kappa shape index (κ1) is 33.4. The Bertz CT molecular complexity index is 1430. The fraction of sp³-hybridized carbons (Fsp3) is 0.756. The number of ether oxygens (including phenoxy) is 2. The molecule has 0 saturated heterocycles. The number of rotatable bonds is 5. The van der Waals surface area contributed by atoms with Crippen molar-refractivity contribution in [1.82, 2.24) is 0 Å². The van der Waals surface area contributed by atoms with Crippen LogP contribution >= 0.6 is 0 Å². The van der Waals surface area contributed by atoms with Gasteiger partial charge in [0.2, 0.25) is 0 Å². The van der Waals surface area contributed by atoms with Crippen molar-refractivity contribution in [2.24, 2.45) is 56.2 Å². The van der Waals surface area contributed by atoms with Crippen molar-refractivity contribution in [2.75, 3.05) is 7.11 Å². The van der Waals surface area contributed by atoms with E-state index in [4.69, 9.17) is 9.47 Å². The van der Waals surface area contributed by atoms with Gasteiger partial charge in [0.25, 0.3) is 0 Å². The monoisotopic (exact) mass is 630 g/mol. The van der Waals surface area contributed by atoms with E-state index >= 15 is 0 Å². The van der Waals surface area contributed by atoms with Crippen LogP contribution in [0, 0.1) is 68.0 Å². The molecule has 5 heteroatoms. The normalized spacial score (nSPS) is 41.0. The van der Waals surface area contributed by atoms with E-state index in [0.29, 0.717) is 29.1 Å². The van der Waals surface area contributed by atoms with E-state index in [1.54, 1.807) is 21.0 Å². The first-order valence-electron chi connectivity index (χ1n) is 18.1. The average Bonchev–Trinajstić information content (AvgIpc) is 3.42. The Balaban J connectivity index is 1.24. The number of fused-ring (bicyclic) bond motifs is 7. The molecule has 8 unspecified atom stereocenters. The third-order valence-electron chi connectivity index (χ3n) is 15.3. The van der Waals surface area contributed by atoms with Crippen molar-refractivity contribution in [3.8, 4) is 17.6 Å². The molecule has 0 spiro atoms. The molecule has 1 N–H and O–H groups in total. The van der Waals surface area contributed by atoms with Crippen molar-refractivity contribution >= 4 is 11.9 Å². The summed E-state index contributed by atoms with van der Waals surface area (Å²) < 4.78 is 11.8. The van der Waals surface area contributed by atoms with Gasteiger partial charge in [0, 0.05) is 10.8 Å². The van der Waals surface area contributed by atoms with Gasteiger partial charge in [-0.2, -0.15) is 0 Å². The second kappa shape index (κ2) is 11.3. The molecule has 0 aromatic heterocycles. The summed E-state index contributed by atoms with van der Waals surface area (Å²) in [5, 5.41) is 9.56. The maximum atomic E-state index is 13.0. The van der Waals surface area contributed by atoms with Crippen molar-refractivity contribution < 1.29 is 24.2 Å². The smallest absolute Gasteiger partial charge is 0.309 e. The highest BCUT2D eigenvalue weighted by atomic mass is 16.5. The number of carboxylic acids is 1. The topological polar surface area (TPSA) is 72.8 Å². The molecule has 5 aliphatic rings. The van der Waals surface area contributed by atoms with Crippen LogP contribution in [0.15, 0.2) is 24.3 Å². The van der Waals surface area contributed by atoms with Crippen molar-refractivity contribution in [3.63, 3.8) is 0 Å². The summed E-state index contributed by atoms with van der Waals surface area (Å²) in [5.74, 6) is 9.57. The Labute approximate surface area is 278 Å². The molecule has 9 atom stereocenters. The number of carbonyl (C=O) groups is 2. The number of aliphatic carboxylic acids is 1. The number of methoxy groups -OCH3 is 1. The van der Waals surface area contributed by atoms with Gasteiger partial charge >= 0.3 is 11.9 Å². The Morgan fingerprint density at radius 2 is 1.61 bits per heavy atom. The Hall–Kier alpha value is -2.48. The SMILES string of the molecule is COc1ccccc1C#CC12CCCC1C1CCC3C4(C)CCC(OC(=O)CC(C)(C)C(=O)O)C(C)(C)C4CCC3(C)[C@]1(C)CC2. The van der Waals surface area contributed by atoms with Gasteiger partial charge in [0.15, 0.2) is 0 Å². The lowest BCUT2D eigenvalue weighted by Crippen LogP contribution is -2.66. The molecule has 1 aromatic rings. The highest BCUT2D eigenvalue weighted by Crippen LogP contribution is 2.76. The largest absolute Gasteiger partial charge is 0.495 e. The number of para-hydroxylation sites is 1. The molecule has 5 nitrogen and oxygen atoms in total. The van der Waals surface area contributed by atoms with Gasteiger partial charge in [-0.1, -0.05) is 65.0 Å². The second-order valence-electron chi connectivity index (χ2n) is 18.0. The van der Waals surface area contributed by atoms with Gasteiger partial charge in [0.1, 0.15) is 11.9 Å². The van der Waals surface area contributed by atoms with Crippen LogP contribution in [0.2, 0.25) is 0 Å². The third kappa shape index (κ3) is 4.94. The van der Waals surface area contributed by atoms with E-state index in [0.717, 1.165) is 30.6 Å². The summed E-state index contributed by atoms with van der Waals surface area (Å²) in [7, 11) is 1.74. The van der Waals surface area contributed by atoms with Crippen molar-refractivity contribution in [1.29, 1.82) is 0 Å². The van der Waals surface area contributed by atoms with E-state index in [2.05, 4.69) is 58.6 Å². The molecule has 0 bridgehead atoms. The number of hydrogen-bond donors (Lipinski definition) is 1. The first-order chi connectivity index (χ1) is 21.5. The zero-order valence-electron chi connectivity index (χ0n) is 29.8. The fourth-order valence-electron chi connectivity index (χ4n) is 12.5. The minimum absolute atomic E-state index is 0.0940. The highest BCUT2D eigenvalue weighted by Gasteiger charge is 2.70. The van der Waals surface area contributed by atoms with Gasteiger partial charge in [-0.25, -0.2) is 0 Å². The van der Waals surface area contributed by atoms with Gasteiger partial charge in [-0.15, -0.1) is 0 Å². The number of esters is 1. The van der Waals surface area contributed by atoms with Crippen LogP contribution in [0.1, 0.15) is 131 Å². The van der Waals surface area contributed by atoms with Crippen LogP contribution in [0.5, 0.6) is 5.75 Å². The van der Waals surface area contributed by atoms with E-state index in [1.807, 2.05) is 12.1 Å². The minimum atomic E-state index is -1.12. The van der Waals surface area contributed by atoms with Crippen molar-refractivity contribution in [2.45, 2.75) is 132 Å². The molecular weight excluding hydrogens is 572 g/mol. The lowest BCUT2D eigenvalue weighted by atomic mass is 9.32. The molecule has 1 aromatic carbocycles. The summed E-state index contributed by atoms with van der Waals surface area (Å²) in [6.07, 6.45) is 12.9. The zero-order chi connectivity index (χ0) is 33.3. The second-order valence-corrected chi connectivity index (χ2v) is 18.0. The molecule has 5 fully saturated rings. The molecule has 5 saturated carbocycles. The standard InChI is InChI=1S/C41H58O5/c1-36(2,35(43)44)26-34(42)46-33-19-21-38(5)31(37(33,3)4)18-22-40(7)32(38)16-15-28-29-13-11-20-41(29,25-24-39(28,40)6)23-17-27-12-9-10-14-30(27)45-8/h9-10,12,14,28-29,31-33H,11,13,15-16,18-22,24-26H2,1-8H3,(H,43,44)/t28?,29?,31?,32?,33?,38?,39-,40?,41?/m1/s1. The maximum absolute atomic E-state index is 13.0. The van der Waals surface area contributed by atoms with Crippen molar-refractivity contribution in [3.05, 3.63) is 29.8 Å². The lowest BCUT2D eigenvalue weighted by molar-refractivity contribution is -0.245. The molecule has 0 aliphatic heterocycles. The maximum Gasteiger partial charge on any atom is 0.309 e. The predicted molar refractivity (Wildman–Crippen MR) is 181 cm³/mol. The summed E-state index contributed by atoms with van der Waals surface area (Å²) in [5.41, 5.74) is 0.616. The molecule has 0 radical (unpaired) electrons. The van der Waals surface area contributed by atoms with Crippen LogP contribution < -0.4 is 4.74 Å². The van der Waals surface area contributed by atoms with E-state index in [9.17, 15) is 14.7 Å². The third-order valence-corrected chi connectivity index (χ3v) is 15.3. The van der Waals surface area contributed by atoms with Gasteiger partial charge < -0.3 is 14.6 Å². The summed E-state index contributed by atoms with van der Waals surface area (Å²) in [4.78, 5) is 24.7. The quantitative estimate of drug-likeness (QED) is 0.259. The van der Waals surface area contributed by atoms with E-state index < -0.39 is 11.4 Å². The molecule has 46 heavy (non-hydrogen) atoms. The predicted octanol–water partition coefficient (Wildman–Crippen LogP) is 9.31. The number of benzene rings is 1.